The molecule has 0 unspecified atom stereocenters. The Kier molecular flexibility index (Phi) is 7.15. The highest BCUT2D eigenvalue weighted by atomic mass is 35.5. The number of nitrogens with zero attached hydrogens (tertiary/aromatic N) is 2. The normalized spacial score (nSPS) is 16.7. The van der Waals surface area contributed by atoms with Gasteiger partial charge in [0, 0.05) is 29.6 Å². The molecule has 0 radical (unpaired) electrons. The van der Waals surface area contributed by atoms with Crippen molar-refractivity contribution in [2.75, 3.05) is 19.7 Å². The summed E-state index contributed by atoms with van der Waals surface area (Å²) in [5, 5.41) is 3.33. The SMILES string of the molecule is CCOC(=O)[C@H]1CCCN(C(=O)c2csc(COc3cc(Cl)ccc3Cl)n2)C1. The lowest BCUT2D eigenvalue weighted by molar-refractivity contribution is -0.149. The minimum absolute atomic E-state index is 0.183. The molecule has 28 heavy (non-hydrogen) atoms. The van der Waals surface area contributed by atoms with E-state index < -0.39 is 0 Å². The first-order chi connectivity index (χ1) is 13.5. The van der Waals surface area contributed by atoms with Gasteiger partial charge in [-0.1, -0.05) is 23.2 Å². The van der Waals surface area contributed by atoms with Crippen LogP contribution in [-0.2, 0) is 16.1 Å². The predicted molar refractivity (Wildman–Crippen MR) is 108 cm³/mol. The maximum Gasteiger partial charge on any atom is 0.310 e. The van der Waals surface area contributed by atoms with E-state index in [1.54, 1.807) is 35.4 Å². The molecule has 1 saturated heterocycles. The molecule has 6 nitrogen and oxygen atoms in total. The van der Waals surface area contributed by atoms with E-state index in [9.17, 15) is 9.59 Å². The van der Waals surface area contributed by atoms with Crippen molar-refractivity contribution < 1.29 is 19.1 Å². The average molecular weight is 443 g/mol. The van der Waals surface area contributed by atoms with E-state index in [0.29, 0.717) is 46.2 Å². The average Bonchev–Trinajstić information content (AvgIpc) is 3.17. The van der Waals surface area contributed by atoms with Gasteiger partial charge < -0.3 is 14.4 Å². The van der Waals surface area contributed by atoms with Gasteiger partial charge in [0.1, 0.15) is 23.1 Å². The largest absolute Gasteiger partial charge is 0.485 e. The lowest BCUT2D eigenvalue weighted by Gasteiger charge is -2.31. The standard InChI is InChI=1S/C19H20Cl2N2O4S/c1-2-26-19(25)12-4-3-7-23(9-12)18(24)15-11-28-17(22-15)10-27-16-8-13(20)5-6-14(16)21/h5-6,8,11-12H,2-4,7,9-10H2,1H3/t12-/m0/s1. The fraction of sp³-hybridized carbons (Fsp3) is 0.421. The molecule has 0 spiro atoms. The van der Waals surface area contributed by atoms with Crippen molar-refractivity contribution >= 4 is 46.4 Å². The number of benzene rings is 1. The number of hydrogen-bond acceptors (Lipinski definition) is 6. The summed E-state index contributed by atoms with van der Waals surface area (Å²) in [4.78, 5) is 30.8. The molecule has 0 N–H and O–H groups in total. The third-order valence-corrected chi connectivity index (χ3v) is 5.71. The Morgan fingerprint density at radius 3 is 2.96 bits per heavy atom. The van der Waals surface area contributed by atoms with Crippen molar-refractivity contribution in [1.82, 2.24) is 9.88 Å². The smallest absolute Gasteiger partial charge is 0.310 e. The zero-order valence-corrected chi connectivity index (χ0v) is 17.6. The molecule has 1 aliphatic rings. The second-order valence-electron chi connectivity index (χ2n) is 6.33. The van der Waals surface area contributed by atoms with Crippen molar-refractivity contribution in [3.8, 4) is 5.75 Å². The Morgan fingerprint density at radius 2 is 2.18 bits per heavy atom. The van der Waals surface area contributed by atoms with Crippen LogP contribution in [0.15, 0.2) is 23.6 Å². The van der Waals surface area contributed by atoms with Gasteiger partial charge in [-0.2, -0.15) is 0 Å². The lowest BCUT2D eigenvalue weighted by Crippen LogP contribution is -2.43. The number of thiazole rings is 1. The van der Waals surface area contributed by atoms with Gasteiger partial charge in [0.25, 0.3) is 5.91 Å². The number of aromatic nitrogens is 1. The fourth-order valence-electron chi connectivity index (χ4n) is 2.98. The van der Waals surface area contributed by atoms with Crippen LogP contribution in [0.4, 0.5) is 0 Å². The minimum Gasteiger partial charge on any atom is -0.485 e. The molecule has 0 aliphatic carbocycles. The second kappa shape index (κ2) is 9.58. The van der Waals surface area contributed by atoms with Gasteiger partial charge in [0.15, 0.2) is 0 Å². The van der Waals surface area contributed by atoms with Crippen LogP contribution >= 0.6 is 34.5 Å². The van der Waals surface area contributed by atoms with Gasteiger partial charge in [-0.3, -0.25) is 9.59 Å². The van der Waals surface area contributed by atoms with Crippen LogP contribution in [0.5, 0.6) is 5.75 Å². The summed E-state index contributed by atoms with van der Waals surface area (Å²) >= 11 is 13.4. The number of esters is 1. The maximum absolute atomic E-state index is 12.8. The monoisotopic (exact) mass is 442 g/mol. The Balaban J connectivity index is 1.60. The van der Waals surface area contributed by atoms with Crippen molar-refractivity contribution in [3.05, 3.63) is 44.3 Å². The van der Waals surface area contributed by atoms with Crippen molar-refractivity contribution in [2.45, 2.75) is 26.4 Å². The molecular formula is C19H20Cl2N2O4S. The summed E-state index contributed by atoms with van der Waals surface area (Å²) in [7, 11) is 0. The first kappa shape index (κ1) is 20.9. The van der Waals surface area contributed by atoms with E-state index in [2.05, 4.69) is 4.98 Å². The van der Waals surface area contributed by atoms with Crippen molar-refractivity contribution in [2.24, 2.45) is 5.92 Å². The van der Waals surface area contributed by atoms with Gasteiger partial charge in [-0.15, -0.1) is 11.3 Å². The van der Waals surface area contributed by atoms with Gasteiger partial charge in [-0.25, -0.2) is 4.98 Å². The minimum atomic E-state index is -0.274. The second-order valence-corrected chi connectivity index (χ2v) is 8.12. The van der Waals surface area contributed by atoms with Crippen LogP contribution in [0.25, 0.3) is 0 Å². The Labute approximate surface area is 177 Å². The number of carbonyl (C=O) groups is 2. The van der Waals surface area contributed by atoms with Crippen LogP contribution in [0, 0.1) is 5.92 Å². The summed E-state index contributed by atoms with van der Waals surface area (Å²) in [6, 6.07) is 4.97. The summed E-state index contributed by atoms with van der Waals surface area (Å²) in [6.07, 6.45) is 1.50. The number of halogens is 2. The van der Waals surface area contributed by atoms with Gasteiger partial charge in [0.05, 0.1) is 17.5 Å². The van der Waals surface area contributed by atoms with Crippen LogP contribution in [0.3, 0.4) is 0 Å². The highest BCUT2D eigenvalue weighted by Crippen LogP contribution is 2.29. The van der Waals surface area contributed by atoms with Crippen LogP contribution in [0.2, 0.25) is 10.0 Å². The quantitative estimate of drug-likeness (QED) is 0.618. The molecule has 1 atom stereocenters. The van der Waals surface area contributed by atoms with Gasteiger partial charge in [0.2, 0.25) is 0 Å². The first-order valence-corrected chi connectivity index (χ1v) is 10.6. The van der Waals surface area contributed by atoms with Crippen LogP contribution in [0.1, 0.15) is 35.3 Å². The van der Waals surface area contributed by atoms with Crippen molar-refractivity contribution in [1.29, 1.82) is 0 Å². The molecule has 2 heterocycles. The fourth-order valence-corrected chi connectivity index (χ4v) is 3.99. The number of likely N-dealkylation sites (tertiary alicyclic amines) is 1. The molecule has 1 aromatic heterocycles. The molecule has 1 aromatic carbocycles. The number of carbonyl (C=O) groups excluding carboxylic acids is 2. The summed E-state index contributed by atoms with van der Waals surface area (Å²) in [6.45, 7) is 3.27. The molecule has 1 aliphatic heterocycles. The molecule has 150 valence electrons. The molecule has 3 rings (SSSR count). The van der Waals surface area contributed by atoms with Crippen LogP contribution in [-0.4, -0.2) is 41.5 Å². The molecule has 1 fully saturated rings. The summed E-state index contributed by atoms with van der Waals surface area (Å²) < 4.78 is 10.7. The molecule has 2 aromatic rings. The first-order valence-electron chi connectivity index (χ1n) is 8.96. The number of hydrogen-bond donors (Lipinski definition) is 0. The Bertz CT molecular complexity index is 858. The molecule has 9 heteroatoms. The molecule has 0 bridgehead atoms. The summed E-state index contributed by atoms with van der Waals surface area (Å²) in [5.41, 5.74) is 0.352. The topological polar surface area (TPSA) is 68.7 Å². The van der Waals surface area contributed by atoms with Crippen LogP contribution < -0.4 is 4.74 Å². The van der Waals surface area contributed by atoms with E-state index in [1.165, 1.54) is 11.3 Å². The lowest BCUT2D eigenvalue weighted by atomic mass is 9.98. The third kappa shape index (κ3) is 5.16. The zero-order valence-electron chi connectivity index (χ0n) is 15.3. The van der Waals surface area contributed by atoms with Crippen molar-refractivity contribution in [3.63, 3.8) is 0 Å². The number of piperidine rings is 1. The number of amides is 1. The number of ether oxygens (including phenoxy) is 2. The zero-order chi connectivity index (χ0) is 20.1. The Morgan fingerprint density at radius 1 is 1.36 bits per heavy atom. The Hall–Kier alpha value is -1.83. The van der Waals surface area contributed by atoms with E-state index in [4.69, 9.17) is 32.7 Å². The maximum atomic E-state index is 12.8. The molecule has 1 amide bonds. The summed E-state index contributed by atoms with van der Waals surface area (Å²) in [5.74, 6) is -0.238. The highest BCUT2D eigenvalue weighted by Gasteiger charge is 2.30. The highest BCUT2D eigenvalue weighted by molar-refractivity contribution is 7.09. The molecular weight excluding hydrogens is 423 g/mol. The molecule has 0 saturated carbocycles. The third-order valence-electron chi connectivity index (χ3n) is 4.34. The number of rotatable bonds is 6. The van der Waals surface area contributed by atoms with Gasteiger partial charge in [-0.05, 0) is 31.9 Å². The van der Waals surface area contributed by atoms with E-state index in [1.807, 2.05) is 0 Å². The van der Waals surface area contributed by atoms with Gasteiger partial charge >= 0.3 is 5.97 Å². The van der Waals surface area contributed by atoms with E-state index in [-0.39, 0.29) is 24.4 Å². The van der Waals surface area contributed by atoms with E-state index in [0.717, 1.165) is 12.8 Å². The van der Waals surface area contributed by atoms with E-state index >= 15 is 0 Å². The predicted octanol–water partition coefficient (Wildman–Crippen LogP) is 4.44.